The molecule has 0 spiro atoms. The molecule has 0 radical (unpaired) electrons. The standard InChI is InChI=1S/C22H22F3N5O/c1-13-19(30-17(11-26)21-20(13)28-12-29-21)15-2-3-18(16(10-15)22(23,24)25)31-9-6-14-4-7-27-8-5-14/h2-3,10,12,14,27H,4-9H2,1H3,(H,28,29). The van der Waals surface area contributed by atoms with Crippen molar-refractivity contribution in [3.8, 4) is 23.1 Å². The van der Waals surface area contributed by atoms with Crippen LogP contribution in [-0.4, -0.2) is 34.6 Å². The van der Waals surface area contributed by atoms with Crippen molar-refractivity contribution in [2.24, 2.45) is 5.92 Å². The number of H-pyrrole nitrogens is 1. The highest BCUT2D eigenvalue weighted by Crippen LogP contribution is 2.40. The number of hydrogen-bond donors (Lipinski definition) is 2. The molecule has 0 amide bonds. The predicted molar refractivity (Wildman–Crippen MR) is 109 cm³/mol. The Morgan fingerprint density at radius 1 is 1.26 bits per heavy atom. The van der Waals surface area contributed by atoms with E-state index in [1.807, 2.05) is 6.07 Å². The number of aromatic amines is 1. The van der Waals surface area contributed by atoms with Crippen molar-refractivity contribution in [2.45, 2.75) is 32.4 Å². The fourth-order valence-electron chi connectivity index (χ4n) is 4.02. The maximum atomic E-state index is 13.8. The minimum atomic E-state index is -4.58. The molecule has 1 aromatic carbocycles. The van der Waals surface area contributed by atoms with Crippen molar-refractivity contribution < 1.29 is 17.9 Å². The first kappa shape index (κ1) is 21.1. The molecule has 3 aromatic rings. The molecule has 4 rings (SSSR count). The molecule has 2 aromatic heterocycles. The smallest absolute Gasteiger partial charge is 0.419 e. The van der Waals surface area contributed by atoms with Gasteiger partial charge in [0, 0.05) is 11.1 Å². The third kappa shape index (κ3) is 4.35. The Labute approximate surface area is 177 Å². The number of nitriles is 1. The van der Waals surface area contributed by atoms with E-state index >= 15 is 0 Å². The minimum absolute atomic E-state index is 0.0627. The first-order valence-corrected chi connectivity index (χ1v) is 10.2. The molecule has 0 bridgehead atoms. The number of ether oxygens (including phenoxy) is 1. The molecular weight excluding hydrogens is 407 g/mol. The van der Waals surface area contributed by atoms with Gasteiger partial charge in [0.2, 0.25) is 0 Å². The second-order valence-electron chi connectivity index (χ2n) is 7.71. The number of rotatable bonds is 5. The van der Waals surface area contributed by atoms with Crippen LogP contribution in [0.25, 0.3) is 22.3 Å². The first-order chi connectivity index (χ1) is 14.9. The number of pyridine rings is 1. The van der Waals surface area contributed by atoms with Crippen molar-refractivity contribution in [2.75, 3.05) is 19.7 Å². The van der Waals surface area contributed by atoms with Crippen molar-refractivity contribution in [3.05, 3.63) is 41.3 Å². The molecule has 1 aliphatic heterocycles. The van der Waals surface area contributed by atoms with Crippen molar-refractivity contribution in [3.63, 3.8) is 0 Å². The van der Waals surface area contributed by atoms with Crippen LogP contribution in [0, 0.1) is 24.2 Å². The normalized spacial score (nSPS) is 15.2. The van der Waals surface area contributed by atoms with Crippen LogP contribution in [0.2, 0.25) is 0 Å². The molecule has 0 unspecified atom stereocenters. The van der Waals surface area contributed by atoms with E-state index in [0.29, 0.717) is 28.2 Å². The summed E-state index contributed by atoms with van der Waals surface area (Å²) in [6.07, 6.45) is -0.397. The van der Waals surface area contributed by atoms with Crippen LogP contribution in [0.3, 0.4) is 0 Å². The van der Waals surface area contributed by atoms with E-state index in [2.05, 4.69) is 20.3 Å². The average molecular weight is 429 g/mol. The van der Waals surface area contributed by atoms with Crippen LogP contribution in [0.1, 0.15) is 36.1 Å². The quantitative estimate of drug-likeness (QED) is 0.619. The number of hydrogen-bond acceptors (Lipinski definition) is 5. The predicted octanol–water partition coefficient (Wildman–Crippen LogP) is 4.59. The third-order valence-corrected chi connectivity index (χ3v) is 5.72. The van der Waals surface area contributed by atoms with Crippen molar-refractivity contribution >= 4 is 11.0 Å². The molecule has 1 saturated heterocycles. The van der Waals surface area contributed by atoms with Crippen LogP contribution < -0.4 is 10.1 Å². The Morgan fingerprint density at radius 3 is 2.74 bits per heavy atom. The van der Waals surface area contributed by atoms with Crippen LogP contribution in [0.15, 0.2) is 24.5 Å². The Bertz CT molecular complexity index is 1130. The van der Waals surface area contributed by atoms with Crippen molar-refractivity contribution in [1.82, 2.24) is 20.3 Å². The topological polar surface area (TPSA) is 86.6 Å². The van der Waals surface area contributed by atoms with Crippen LogP contribution >= 0.6 is 0 Å². The fourth-order valence-corrected chi connectivity index (χ4v) is 4.02. The summed E-state index contributed by atoms with van der Waals surface area (Å²) >= 11 is 0. The second-order valence-corrected chi connectivity index (χ2v) is 7.71. The van der Waals surface area contributed by atoms with E-state index in [9.17, 15) is 18.4 Å². The fraction of sp³-hybridized carbons (Fsp3) is 0.409. The van der Waals surface area contributed by atoms with Gasteiger partial charge in [-0.15, -0.1) is 0 Å². The Hall–Kier alpha value is -3.12. The number of nitrogens with zero attached hydrogens (tertiary/aromatic N) is 3. The summed E-state index contributed by atoms with van der Waals surface area (Å²) in [6.45, 7) is 3.85. The molecule has 1 aliphatic rings. The van der Waals surface area contributed by atoms with Gasteiger partial charge in [0.05, 0.1) is 29.7 Å². The van der Waals surface area contributed by atoms with Crippen molar-refractivity contribution in [1.29, 1.82) is 5.26 Å². The van der Waals surface area contributed by atoms with Gasteiger partial charge in [0.1, 0.15) is 17.3 Å². The summed E-state index contributed by atoms with van der Waals surface area (Å²) in [5, 5.41) is 12.7. The van der Waals surface area contributed by atoms with Gasteiger partial charge >= 0.3 is 6.18 Å². The number of benzene rings is 1. The SMILES string of the molecule is Cc1c(-c2ccc(OCCC3CCNCC3)c(C(F)(F)F)c2)nc(C#N)c2nc[nH]c12. The highest BCUT2D eigenvalue weighted by Gasteiger charge is 2.35. The highest BCUT2D eigenvalue weighted by molar-refractivity contribution is 5.87. The number of imidazole rings is 1. The number of halogens is 3. The number of fused-ring (bicyclic) bond motifs is 1. The summed E-state index contributed by atoms with van der Waals surface area (Å²) in [5.74, 6) is 0.276. The van der Waals surface area contributed by atoms with E-state index in [4.69, 9.17) is 4.74 Å². The maximum absolute atomic E-state index is 13.8. The van der Waals surface area contributed by atoms with E-state index in [-0.39, 0.29) is 23.6 Å². The maximum Gasteiger partial charge on any atom is 0.419 e. The Kier molecular flexibility index (Phi) is 5.83. The Morgan fingerprint density at radius 2 is 2.03 bits per heavy atom. The minimum Gasteiger partial charge on any atom is -0.493 e. The zero-order chi connectivity index (χ0) is 22.0. The van der Waals surface area contributed by atoms with Gasteiger partial charge < -0.3 is 15.0 Å². The van der Waals surface area contributed by atoms with Gasteiger partial charge in [0.25, 0.3) is 0 Å². The number of aromatic nitrogens is 3. The Balaban J connectivity index is 1.65. The molecule has 3 heterocycles. The van der Waals surface area contributed by atoms with Gasteiger partial charge in [0.15, 0.2) is 5.69 Å². The monoisotopic (exact) mass is 429 g/mol. The zero-order valence-corrected chi connectivity index (χ0v) is 17.0. The molecule has 6 nitrogen and oxygen atoms in total. The number of alkyl halides is 3. The summed E-state index contributed by atoms with van der Waals surface area (Å²) in [6, 6.07) is 5.89. The summed E-state index contributed by atoms with van der Waals surface area (Å²) in [5.41, 5.74) is 1.39. The van der Waals surface area contributed by atoms with E-state index in [1.165, 1.54) is 12.4 Å². The van der Waals surface area contributed by atoms with Crippen LogP contribution in [0.5, 0.6) is 5.75 Å². The summed E-state index contributed by atoms with van der Waals surface area (Å²) in [4.78, 5) is 11.3. The largest absolute Gasteiger partial charge is 0.493 e. The van der Waals surface area contributed by atoms with E-state index in [0.717, 1.165) is 38.4 Å². The molecule has 9 heteroatoms. The van der Waals surface area contributed by atoms with Gasteiger partial charge in [-0.05, 0) is 63.4 Å². The molecule has 0 aliphatic carbocycles. The second kappa shape index (κ2) is 8.55. The van der Waals surface area contributed by atoms with E-state index < -0.39 is 11.7 Å². The van der Waals surface area contributed by atoms with Crippen LogP contribution in [0.4, 0.5) is 13.2 Å². The number of nitrogens with one attached hydrogen (secondary N) is 2. The first-order valence-electron chi connectivity index (χ1n) is 10.2. The molecule has 31 heavy (non-hydrogen) atoms. The number of aryl methyl sites for hydroxylation is 1. The average Bonchev–Trinajstić information content (AvgIpc) is 3.25. The molecule has 1 fully saturated rings. The lowest BCUT2D eigenvalue weighted by Gasteiger charge is -2.23. The zero-order valence-electron chi connectivity index (χ0n) is 17.0. The highest BCUT2D eigenvalue weighted by atomic mass is 19.4. The molecule has 0 saturated carbocycles. The van der Waals surface area contributed by atoms with Crippen LogP contribution in [-0.2, 0) is 6.18 Å². The van der Waals surface area contributed by atoms with E-state index in [1.54, 1.807) is 13.0 Å². The number of piperidine rings is 1. The summed E-state index contributed by atoms with van der Waals surface area (Å²) in [7, 11) is 0. The molecule has 0 atom stereocenters. The third-order valence-electron chi connectivity index (χ3n) is 5.72. The van der Waals surface area contributed by atoms with Gasteiger partial charge in [-0.1, -0.05) is 0 Å². The summed E-state index contributed by atoms with van der Waals surface area (Å²) < 4.78 is 47.0. The lowest BCUT2D eigenvalue weighted by atomic mass is 9.95. The van der Waals surface area contributed by atoms with Gasteiger partial charge in [-0.25, -0.2) is 9.97 Å². The lowest BCUT2D eigenvalue weighted by molar-refractivity contribution is -0.138. The van der Waals surface area contributed by atoms with Gasteiger partial charge in [-0.3, -0.25) is 0 Å². The van der Waals surface area contributed by atoms with Gasteiger partial charge in [-0.2, -0.15) is 18.4 Å². The lowest BCUT2D eigenvalue weighted by Crippen LogP contribution is -2.28. The molecule has 2 N–H and O–H groups in total. The molecule has 162 valence electrons. The molecular formula is C22H22F3N5O.